The SMILES string of the molecule is CN1C[C@H](c2ccccc2OCc2ccc(Cl)cc2Cl)[C@H]([N+](=O)[O-])[C@@]12C(=O)Nc1ccccc12. The molecule has 2 aliphatic heterocycles. The van der Waals surface area contributed by atoms with E-state index >= 15 is 0 Å². The van der Waals surface area contributed by atoms with Crippen molar-refractivity contribution < 1.29 is 14.5 Å². The van der Waals surface area contributed by atoms with Crippen molar-refractivity contribution in [1.29, 1.82) is 0 Å². The highest BCUT2D eigenvalue weighted by molar-refractivity contribution is 6.35. The Kier molecular flexibility index (Phi) is 5.72. The van der Waals surface area contributed by atoms with Crippen molar-refractivity contribution in [2.24, 2.45) is 0 Å². The molecule has 1 saturated heterocycles. The highest BCUT2D eigenvalue weighted by Gasteiger charge is 2.68. The van der Waals surface area contributed by atoms with Crippen molar-refractivity contribution >= 4 is 34.8 Å². The molecule has 0 bridgehead atoms. The van der Waals surface area contributed by atoms with Crippen molar-refractivity contribution in [3.63, 3.8) is 0 Å². The standard InChI is InChI=1S/C25H21Cl2N3O4/c1-29-13-18(23(30(32)33)25(29)19-7-3-4-8-21(19)28-24(25)31)17-6-2-5-9-22(17)34-14-15-10-11-16(26)12-20(15)27/h2-12,18,23H,13-14H2,1H3,(H,28,31)/t18-,23+,25+/m1/s1. The molecule has 2 heterocycles. The van der Waals surface area contributed by atoms with E-state index in [1.165, 1.54) is 0 Å². The maximum atomic E-state index is 13.3. The lowest BCUT2D eigenvalue weighted by molar-refractivity contribution is -0.534. The lowest BCUT2D eigenvalue weighted by Gasteiger charge is -2.30. The predicted molar refractivity (Wildman–Crippen MR) is 130 cm³/mol. The summed E-state index contributed by atoms with van der Waals surface area (Å²) >= 11 is 12.3. The lowest BCUT2D eigenvalue weighted by atomic mass is 9.79. The molecule has 9 heteroatoms. The Balaban J connectivity index is 1.54. The average molecular weight is 498 g/mol. The van der Waals surface area contributed by atoms with Gasteiger partial charge in [-0.05, 0) is 31.3 Å². The number of carbonyl (C=O) groups is 1. The number of para-hydroxylation sites is 2. The maximum Gasteiger partial charge on any atom is 0.256 e. The van der Waals surface area contributed by atoms with Crippen LogP contribution in [0.1, 0.15) is 22.6 Å². The second-order valence-corrected chi connectivity index (χ2v) is 9.39. The zero-order chi connectivity index (χ0) is 24.0. The van der Waals surface area contributed by atoms with Gasteiger partial charge < -0.3 is 10.1 Å². The molecule has 7 nitrogen and oxygen atoms in total. The van der Waals surface area contributed by atoms with Gasteiger partial charge in [-0.15, -0.1) is 0 Å². The van der Waals surface area contributed by atoms with E-state index in [2.05, 4.69) is 5.32 Å². The first-order valence-electron chi connectivity index (χ1n) is 10.8. The summed E-state index contributed by atoms with van der Waals surface area (Å²) in [5.41, 5.74) is 1.25. The Hall–Kier alpha value is -3.13. The topological polar surface area (TPSA) is 84.7 Å². The van der Waals surface area contributed by atoms with Crippen molar-refractivity contribution in [3.05, 3.63) is 104 Å². The first-order chi connectivity index (χ1) is 16.3. The van der Waals surface area contributed by atoms with Gasteiger partial charge in [-0.3, -0.25) is 19.8 Å². The molecular weight excluding hydrogens is 477 g/mol. The van der Waals surface area contributed by atoms with E-state index in [9.17, 15) is 14.9 Å². The minimum atomic E-state index is -1.41. The molecule has 174 valence electrons. The van der Waals surface area contributed by atoms with E-state index in [0.717, 1.165) is 5.56 Å². The maximum absolute atomic E-state index is 13.3. The number of hydrogen-bond donors (Lipinski definition) is 1. The first kappa shape index (κ1) is 22.7. The minimum absolute atomic E-state index is 0.174. The summed E-state index contributed by atoms with van der Waals surface area (Å²) in [6, 6.07) is 18.3. The third-order valence-electron chi connectivity index (χ3n) is 6.76. The normalized spacial score (nSPS) is 23.7. The van der Waals surface area contributed by atoms with Crippen LogP contribution >= 0.6 is 23.2 Å². The zero-order valence-corrected chi connectivity index (χ0v) is 19.7. The van der Waals surface area contributed by atoms with Crippen LogP contribution in [-0.2, 0) is 16.9 Å². The first-order valence-corrected chi connectivity index (χ1v) is 11.5. The zero-order valence-electron chi connectivity index (χ0n) is 18.2. The van der Waals surface area contributed by atoms with Crippen LogP contribution in [-0.4, -0.2) is 35.4 Å². The van der Waals surface area contributed by atoms with Crippen molar-refractivity contribution in [2.45, 2.75) is 24.1 Å². The van der Waals surface area contributed by atoms with Crippen LogP contribution < -0.4 is 10.1 Å². The van der Waals surface area contributed by atoms with Gasteiger partial charge in [0, 0.05) is 43.9 Å². The van der Waals surface area contributed by atoms with Gasteiger partial charge >= 0.3 is 0 Å². The number of benzene rings is 3. The molecule has 1 N–H and O–H groups in total. The molecule has 3 aromatic carbocycles. The van der Waals surface area contributed by atoms with Gasteiger partial charge in [-0.1, -0.05) is 65.7 Å². The van der Waals surface area contributed by atoms with Crippen LogP contribution in [0.15, 0.2) is 66.7 Å². The quantitative estimate of drug-likeness (QED) is 0.391. The molecule has 3 aromatic rings. The molecule has 0 saturated carbocycles. The Morgan fingerprint density at radius 3 is 2.65 bits per heavy atom. The molecule has 0 aromatic heterocycles. The number of rotatable bonds is 5. The largest absolute Gasteiger partial charge is 0.489 e. The summed E-state index contributed by atoms with van der Waals surface area (Å²) in [4.78, 5) is 27.3. The Morgan fingerprint density at radius 1 is 1.15 bits per heavy atom. The van der Waals surface area contributed by atoms with Crippen molar-refractivity contribution in [3.8, 4) is 5.75 Å². The van der Waals surface area contributed by atoms with E-state index in [0.29, 0.717) is 39.2 Å². The van der Waals surface area contributed by atoms with Gasteiger partial charge in [0.05, 0.1) is 5.92 Å². The van der Waals surface area contributed by atoms with Gasteiger partial charge in [0.15, 0.2) is 5.54 Å². The van der Waals surface area contributed by atoms with E-state index < -0.39 is 17.5 Å². The van der Waals surface area contributed by atoms with E-state index in [-0.39, 0.29) is 17.4 Å². The minimum Gasteiger partial charge on any atom is -0.489 e. The summed E-state index contributed by atoms with van der Waals surface area (Å²) < 4.78 is 6.10. The number of likely N-dealkylation sites (N-methyl/N-ethyl adjacent to an activating group) is 1. The van der Waals surface area contributed by atoms with E-state index in [1.807, 2.05) is 18.2 Å². The number of nitro groups is 1. The highest BCUT2D eigenvalue weighted by Crippen LogP contribution is 2.53. The molecule has 2 aliphatic rings. The fourth-order valence-corrected chi connectivity index (χ4v) is 5.74. The van der Waals surface area contributed by atoms with Crippen LogP contribution in [0.3, 0.4) is 0 Å². The molecule has 1 amide bonds. The van der Waals surface area contributed by atoms with Crippen LogP contribution in [0.25, 0.3) is 0 Å². The van der Waals surface area contributed by atoms with Crippen LogP contribution in [0.2, 0.25) is 10.0 Å². The number of hydrogen-bond acceptors (Lipinski definition) is 5. The van der Waals surface area contributed by atoms with Gasteiger partial charge in [0.2, 0.25) is 0 Å². The third-order valence-corrected chi connectivity index (χ3v) is 7.34. The number of anilines is 1. The van der Waals surface area contributed by atoms with Gasteiger partial charge in [0.1, 0.15) is 12.4 Å². The van der Waals surface area contributed by atoms with Crippen LogP contribution in [0, 0.1) is 10.1 Å². The number of halogens is 2. The summed E-state index contributed by atoms with van der Waals surface area (Å²) in [5, 5.41) is 16.4. The fourth-order valence-electron chi connectivity index (χ4n) is 5.27. The van der Waals surface area contributed by atoms with Crippen LogP contribution in [0.5, 0.6) is 5.75 Å². The van der Waals surface area contributed by atoms with Gasteiger partial charge in [-0.2, -0.15) is 0 Å². The molecule has 5 rings (SSSR count). The Labute approximate surface area is 206 Å². The molecule has 34 heavy (non-hydrogen) atoms. The second kappa shape index (κ2) is 8.58. The monoisotopic (exact) mass is 497 g/mol. The number of nitrogens with zero attached hydrogens (tertiary/aromatic N) is 2. The van der Waals surface area contributed by atoms with E-state index in [1.54, 1.807) is 60.5 Å². The van der Waals surface area contributed by atoms with Gasteiger partial charge in [0.25, 0.3) is 11.9 Å². The van der Waals surface area contributed by atoms with Gasteiger partial charge in [-0.25, -0.2) is 0 Å². The summed E-state index contributed by atoms with van der Waals surface area (Å²) in [5.74, 6) is -0.442. The number of fused-ring (bicyclic) bond motifs is 2. The third kappa shape index (κ3) is 3.43. The summed E-state index contributed by atoms with van der Waals surface area (Å²) in [7, 11) is 1.76. The molecule has 1 fully saturated rings. The highest BCUT2D eigenvalue weighted by atomic mass is 35.5. The number of amides is 1. The molecule has 3 atom stereocenters. The average Bonchev–Trinajstić information content (AvgIpc) is 3.28. The van der Waals surface area contributed by atoms with E-state index in [4.69, 9.17) is 27.9 Å². The molecule has 0 unspecified atom stereocenters. The number of ether oxygens (including phenoxy) is 1. The molecule has 0 aliphatic carbocycles. The molecule has 1 spiro atoms. The molecule has 0 radical (unpaired) electrons. The summed E-state index contributed by atoms with van der Waals surface area (Å²) in [6.45, 7) is 0.489. The smallest absolute Gasteiger partial charge is 0.256 e. The van der Waals surface area contributed by atoms with Crippen LogP contribution in [0.4, 0.5) is 5.69 Å². The Morgan fingerprint density at radius 2 is 1.88 bits per heavy atom. The van der Waals surface area contributed by atoms with Crippen molar-refractivity contribution in [2.75, 3.05) is 18.9 Å². The molecular formula is C25H21Cl2N3O4. The second-order valence-electron chi connectivity index (χ2n) is 8.55. The van der Waals surface area contributed by atoms with Crippen molar-refractivity contribution in [1.82, 2.24) is 4.90 Å². The fraction of sp³-hybridized carbons (Fsp3) is 0.240. The predicted octanol–water partition coefficient (Wildman–Crippen LogP) is 5.09. The Bertz CT molecular complexity index is 1300. The lowest BCUT2D eigenvalue weighted by Crippen LogP contribution is -2.54. The number of carbonyl (C=O) groups excluding carboxylic acids is 1. The number of nitrogens with one attached hydrogen (secondary N) is 1. The summed E-state index contributed by atoms with van der Waals surface area (Å²) in [6.07, 6.45) is 0. The number of likely N-dealkylation sites (tertiary alicyclic amines) is 1.